The van der Waals surface area contributed by atoms with E-state index in [0.717, 1.165) is 17.1 Å². The lowest BCUT2D eigenvalue weighted by atomic mass is 9.88. The van der Waals surface area contributed by atoms with Crippen molar-refractivity contribution in [3.05, 3.63) is 16.1 Å². The number of hydrogen-bond acceptors (Lipinski definition) is 4. The van der Waals surface area contributed by atoms with E-state index in [1.165, 1.54) is 0 Å². The Morgan fingerprint density at radius 1 is 1.21 bits per heavy atom. The molecule has 19 heavy (non-hydrogen) atoms. The van der Waals surface area contributed by atoms with Gasteiger partial charge in [-0.15, -0.1) is 11.3 Å². The summed E-state index contributed by atoms with van der Waals surface area (Å²) in [7, 11) is 3.75. The van der Waals surface area contributed by atoms with Crippen LogP contribution in [0.2, 0.25) is 0 Å². The van der Waals surface area contributed by atoms with Crippen molar-refractivity contribution < 1.29 is 4.74 Å². The lowest BCUT2D eigenvalue weighted by Crippen LogP contribution is -2.43. The molecule has 0 fully saturated rings. The van der Waals surface area contributed by atoms with Gasteiger partial charge in [0.15, 0.2) is 0 Å². The molecule has 1 unspecified atom stereocenters. The molecule has 0 aromatic carbocycles. The highest BCUT2D eigenvalue weighted by Gasteiger charge is 2.36. The van der Waals surface area contributed by atoms with Gasteiger partial charge in [-0.2, -0.15) is 0 Å². The summed E-state index contributed by atoms with van der Waals surface area (Å²) in [5.41, 5.74) is 0.920. The number of nitrogens with one attached hydrogen (secondary N) is 1. The molecule has 0 bridgehead atoms. The summed E-state index contributed by atoms with van der Waals surface area (Å²) >= 11 is 1.73. The molecule has 0 radical (unpaired) electrons. The lowest BCUT2D eigenvalue weighted by Gasteiger charge is -2.35. The summed E-state index contributed by atoms with van der Waals surface area (Å²) in [5, 5.41) is 6.72. The van der Waals surface area contributed by atoms with E-state index in [9.17, 15) is 0 Å². The van der Waals surface area contributed by atoms with Crippen LogP contribution in [-0.2, 0) is 15.7 Å². The Bertz CT molecular complexity index is 420. The van der Waals surface area contributed by atoms with E-state index in [4.69, 9.17) is 9.72 Å². The Morgan fingerprint density at radius 2 is 1.79 bits per heavy atom. The second-order valence-electron chi connectivity index (χ2n) is 7.01. The van der Waals surface area contributed by atoms with Gasteiger partial charge in [0.05, 0.1) is 16.8 Å². The highest BCUT2D eigenvalue weighted by Crippen LogP contribution is 2.35. The van der Waals surface area contributed by atoms with E-state index in [0.29, 0.717) is 0 Å². The average molecular weight is 284 g/mol. The van der Waals surface area contributed by atoms with Crippen molar-refractivity contribution in [3.63, 3.8) is 0 Å². The first-order valence-electron chi connectivity index (χ1n) is 6.75. The van der Waals surface area contributed by atoms with Crippen molar-refractivity contribution in [1.82, 2.24) is 10.3 Å². The molecule has 1 N–H and O–H groups in total. The van der Waals surface area contributed by atoms with E-state index >= 15 is 0 Å². The molecule has 3 nitrogen and oxygen atoms in total. The minimum absolute atomic E-state index is 0.0974. The Morgan fingerprint density at radius 3 is 2.16 bits per heavy atom. The summed E-state index contributed by atoms with van der Waals surface area (Å²) in [5.74, 6) is 0. The lowest BCUT2D eigenvalue weighted by molar-refractivity contribution is -0.00617. The zero-order valence-corrected chi connectivity index (χ0v) is 14.4. The van der Waals surface area contributed by atoms with Crippen LogP contribution in [-0.4, -0.2) is 24.7 Å². The summed E-state index contributed by atoms with van der Waals surface area (Å²) in [6, 6.07) is 0. The number of aromatic nitrogens is 1. The van der Waals surface area contributed by atoms with Crippen LogP contribution < -0.4 is 5.32 Å². The predicted molar refractivity (Wildman–Crippen MR) is 82.9 cm³/mol. The van der Waals surface area contributed by atoms with Crippen LogP contribution in [0.4, 0.5) is 0 Å². The summed E-state index contributed by atoms with van der Waals surface area (Å²) in [6.45, 7) is 13.0. The van der Waals surface area contributed by atoms with Gasteiger partial charge in [0.2, 0.25) is 0 Å². The molecule has 0 aliphatic carbocycles. The van der Waals surface area contributed by atoms with Crippen LogP contribution in [0.3, 0.4) is 0 Å². The molecule has 1 aromatic heterocycles. The predicted octanol–water partition coefficient (Wildman–Crippen LogP) is 3.69. The standard InChI is InChI=1S/C15H28N2OS/c1-13(2,3)11-9-19-12(17-11)15(6,16-7)10-14(4,5)18-8/h9,16H,10H2,1-8H3. The minimum Gasteiger partial charge on any atom is -0.379 e. The van der Waals surface area contributed by atoms with Gasteiger partial charge < -0.3 is 10.1 Å². The van der Waals surface area contributed by atoms with Crippen LogP contribution in [0.1, 0.15) is 58.7 Å². The largest absolute Gasteiger partial charge is 0.379 e. The Hall–Kier alpha value is -0.450. The third-order valence-corrected chi connectivity index (χ3v) is 4.73. The maximum Gasteiger partial charge on any atom is 0.113 e. The zero-order chi connectivity index (χ0) is 14.9. The summed E-state index contributed by atoms with van der Waals surface area (Å²) in [4.78, 5) is 4.84. The van der Waals surface area contributed by atoms with Crippen molar-refractivity contribution in [1.29, 1.82) is 0 Å². The number of ether oxygens (including phenoxy) is 1. The summed E-state index contributed by atoms with van der Waals surface area (Å²) < 4.78 is 5.57. The fourth-order valence-corrected chi connectivity index (χ4v) is 3.28. The van der Waals surface area contributed by atoms with Crippen molar-refractivity contribution in [2.45, 2.75) is 64.5 Å². The van der Waals surface area contributed by atoms with Crippen molar-refractivity contribution in [2.75, 3.05) is 14.2 Å². The van der Waals surface area contributed by atoms with Crippen molar-refractivity contribution >= 4 is 11.3 Å². The maximum atomic E-state index is 5.57. The molecule has 0 spiro atoms. The van der Waals surface area contributed by atoms with Gasteiger partial charge in [-0.05, 0) is 27.8 Å². The topological polar surface area (TPSA) is 34.1 Å². The van der Waals surface area contributed by atoms with E-state index < -0.39 is 0 Å². The van der Waals surface area contributed by atoms with E-state index in [1.807, 2.05) is 7.05 Å². The quantitative estimate of drug-likeness (QED) is 0.895. The molecule has 1 aromatic rings. The number of hydrogen-bond donors (Lipinski definition) is 1. The molecule has 0 amide bonds. The van der Waals surface area contributed by atoms with Crippen LogP contribution in [0.15, 0.2) is 5.38 Å². The SMILES string of the molecule is CNC(C)(CC(C)(C)OC)c1nc(C(C)(C)C)cs1. The molecule has 0 saturated carbocycles. The van der Waals surface area contributed by atoms with Gasteiger partial charge in [0.1, 0.15) is 5.01 Å². The van der Waals surface area contributed by atoms with Crippen LogP contribution >= 0.6 is 11.3 Å². The second kappa shape index (κ2) is 5.51. The first-order valence-corrected chi connectivity index (χ1v) is 7.62. The van der Waals surface area contributed by atoms with E-state index in [-0.39, 0.29) is 16.6 Å². The number of rotatable bonds is 5. The van der Waals surface area contributed by atoms with Gasteiger partial charge in [-0.3, -0.25) is 0 Å². The Balaban J connectivity index is 3.06. The second-order valence-corrected chi connectivity index (χ2v) is 7.87. The minimum atomic E-state index is -0.175. The molecule has 110 valence electrons. The number of thiazole rings is 1. The van der Waals surface area contributed by atoms with Crippen LogP contribution in [0, 0.1) is 0 Å². The first kappa shape index (κ1) is 16.6. The average Bonchev–Trinajstić information content (AvgIpc) is 2.78. The molecular weight excluding hydrogens is 256 g/mol. The third kappa shape index (κ3) is 4.01. The van der Waals surface area contributed by atoms with Crippen molar-refractivity contribution in [3.8, 4) is 0 Å². The Kier molecular flexibility index (Phi) is 4.81. The molecular formula is C15H28N2OS. The molecule has 4 heteroatoms. The smallest absolute Gasteiger partial charge is 0.113 e. The van der Waals surface area contributed by atoms with E-state index in [2.05, 4.69) is 52.2 Å². The van der Waals surface area contributed by atoms with Gasteiger partial charge >= 0.3 is 0 Å². The zero-order valence-electron chi connectivity index (χ0n) is 13.5. The first-order chi connectivity index (χ1) is 8.54. The van der Waals surface area contributed by atoms with Gasteiger partial charge in [-0.25, -0.2) is 4.98 Å². The monoisotopic (exact) mass is 284 g/mol. The van der Waals surface area contributed by atoms with E-state index in [1.54, 1.807) is 18.4 Å². The fourth-order valence-electron chi connectivity index (χ4n) is 2.07. The molecule has 1 rings (SSSR count). The third-order valence-electron chi connectivity index (χ3n) is 3.63. The fraction of sp³-hybridized carbons (Fsp3) is 0.800. The van der Waals surface area contributed by atoms with Gasteiger partial charge in [0.25, 0.3) is 0 Å². The molecule has 0 saturated heterocycles. The molecule has 1 atom stereocenters. The van der Waals surface area contributed by atoms with Crippen molar-refractivity contribution in [2.24, 2.45) is 0 Å². The maximum absolute atomic E-state index is 5.57. The summed E-state index contributed by atoms with van der Waals surface area (Å²) in [6.07, 6.45) is 0.879. The number of methoxy groups -OCH3 is 1. The highest BCUT2D eigenvalue weighted by molar-refractivity contribution is 7.09. The Labute approximate surface area is 121 Å². The molecule has 1 heterocycles. The van der Waals surface area contributed by atoms with Crippen LogP contribution in [0.5, 0.6) is 0 Å². The van der Waals surface area contributed by atoms with Gasteiger partial charge in [0, 0.05) is 24.3 Å². The van der Waals surface area contributed by atoms with Gasteiger partial charge in [-0.1, -0.05) is 20.8 Å². The van der Waals surface area contributed by atoms with Crippen LogP contribution in [0.25, 0.3) is 0 Å². The number of nitrogens with zero attached hydrogens (tertiary/aromatic N) is 1. The normalized spacial score (nSPS) is 16.4. The highest BCUT2D eigenvalue weighted by atomic mass is 32.1. The molecule has 0 aliphatic rings. The molecule has 0 aliphatic heterocycles.